The maximum absolute atomic E-state index is 13.1. The first kappa shape index (κ1) is 17.7. The quantitative estimate of drug-likeness (QED) is 0.650. The molecule has 1 aliphatic heterocycles. The van der Waals surface area contributed by atoms with E-state index >= 15 is 0 Å². The third-order valence-corrected chi connectivity index (χ3v) is 4.80. The zero-order valence-corrected chi connectivity index (χ0v) is 14.7. The number of nitrogens with zero attached hydrogens (tertiary/aromatic N) is 4. The number of aliphatic hydroxyl groups is 1. The minimum atomic E-state index is -0.599. The Labute approximate surface area is 149 Å². The molecule has 0 bridgehead atoms. The predicted octanol–water partition coefficient (Wildman–Crippen LogP) is 1.32. The Hall–Kier alpha value is -2.10. The molecule has 25 heavy (non-hydrogen) atoms. The lowest BCUT2D eigenvalue weighted by molar-refractivity contribution is -0.146. The summed E-state index contributed by atoms with van der Waals surface area (Å²) in [5.41, 5.74) is 0.736. The van der Waals surface area contributed by atoms with Gasteiger partial charge in [-0.1, -0.05) is 0 Å². The molecule has 1 aliphatic rings. The molecule has 0 unspecified atom stereocenters. The number of halogens is 1. The van der Waals surface area contributed by atoms with E-state index in [1.807, 2.05) is 0 Å². The van der Waals surface area contributed by atoms with Crippen LogP contribution in [0.15, 0.2) is 24.3 Å². The van der Waals surface area contributed by atoms with Gasteiger partial charge in [-0.3, -0.25) is 9.69 Å². The zero-order chi connectivity index (χ0) is 18.1. The van der Waals surface area contributed by atoms with E-state index in [0.717, 1.165) is 5.56 Å². The number of methoxy groups -OCH3 is 1. The normalized spacial score (nSPS) is 20.8. The van der Waals surface area contributed by atoms with Gasteiger partial charge >= 0.3 is 5.97 Å². The molecular formula is C16H19FN4O3S. The minimum Gasteiger partial charge on any atom is -0.468 e. The summed E-state index contributed by atoms with van der Waals surface area (Å²) >= 11 is 5.42. The van der Waals surface area contributed by atoms with Crippen molar-refractivity contribution < 1.29 is 19.0 Å². The van der Waals surface area contributed by atoms with E-state index in [2.05, 4.69) is 5.10 Å². The number of hydrogen-bond donors (Lipinski definition) is 1. The van der Waals surface area contributed by atoms with Gasteiger partial charge in [0.2, 0.25) is 0 Å². The van der Waals surface area contributed by atoms with Gasteiger partial charge in [-0.05, 0) is 36.5 Å². The number of β-amino-alcohol motifs (C(OH)–C–C–N with tert-alkyl or cyclic N) is 1. The molecule has 2 aromatic rings. The van der Waals surface area contributed by atoms with Crippen molar-refractivity contribution in [3.05, 3.63) is 34.9 Å². The molecule has 1 saturated heterocycles. The molecule has 1 N–H and O–H groups in total. The molecule has 0 amide bonds. The second kappa shape index (κ2) is 7.03. The first-order valence-electron chi connectivity index (χ1n) is 7.80. The van der Waals surface area contributed by atoms with E-state index < -0.39 is 18.1 Å². The molecule has 2 heterocycles. The van der Waals surface area contributed by atoms with Crippen molar-refractivity contribution in [2.45, 2.75) is 25.2 Å². The van der Waals surface area contributed by atoms with Gasteiger partial charge in [0.25, 0.3) is 0 Å². The molecule has 1 aromatic carbocycles. The number of aromatic nitrogens is 3. The van der Waals surface area contributed by atoms with E-state index in [0.29, 0.717) is 23.6 Å². The van der Waals surface area contributed by atoms with Gasteiger partial charge in [0, 0.05) is 25.6 Å². The third-order valence-electron chi connectivity index (χ3n) is 4.31. The monoisotopic (exact) mass is 366 g/mol. The molecule has 1 aromatic heterocycles. The lowest BCUT2D eigenvalue weighted by Crippen LogP contribution is -2.38. The number of benzene rings is 1. The third kappa shape index (κ3) is 3.48. The average molecular weight is 366 g/mol. The van der Waals surface area contributed by atoms with Crippen LogP contribution < -0.4 is 0 Å². The largest absolute Gasteiger partial charge is 0.468 e. The lowest BCUT2D eigenvalue weighted by Gasteiger charge is -2.21. The second-order valence-electron chi connectivity index (χ2n) is 6.01. The second-order valence-corrected chi connectivity index (χ2v) is 6.38. The van der Waals surface area contributed by atoms with Gasteiger partial charge < -0.3 is 14.4 Å². The summed E-state index contributed by atoms with van der Waals surface area (Å²) in [4.78, 5) is 13.7. The molecule has 0 radical (unpaired) electrons. The zero-order valence-electron chi connectivity index (χ0n) is 13.9. The summed E-state index contributed by atoms with van der Waals surface area (Å²) in [6, 6.07) is 5.46. The van der Waals surface area contributed by atoms with E-state index in [9.17, 15) is 14.3 Å². The summed E-state index contributed by atoms with van der Waals surface area (Å²) in [6.45, 7) is 0.592. The van der Waals surface area contributed by atoms with Gasteiger partial charge in [-0.2, -0.15) is 5.10 Å². The van der Waals surface area contributed by atoms with Crippen LogP contribution in [0, 0.1) is 10.6 Å². The van der Waals surface area contributed by atoms with Crippen LogP contribution in [0.25, 0.3) is 11.4 Å². The van der Waals surface area contributed by atoms with Crippen molar-refractivity contribution in [1.29, 1.82) is 0 Å². The SMILES string of the molecule is COC(=O)[C@@H]1C[C@H](O)CN1Cn1nc(-c2ccc(F)cc2)n(C)c1=S. The average Bonchev–Trinajstić information content (AvgIpc) is 3.10. The maximum Gasteiger partial charge on any atom is 0.323 e. The fraction of sp³-hybridized carbons (Fsp3) is 0.438. The molecule has 134 valence electrons. The summed E-state index contributed by atoms with van der Waals surface area (Å²) in [6.07, 6.45) is -0.281. The topological polar surface area (TPSA) is 72.5 Å². The smallest absolute Gasteiger partial charge is 0.323 e. The number of rotatable bonds is 4. The van der Waals surface area contributed by atoms with E-state index in [4.69, 9.17) is 17.0 Å². The van der Waals surface area contributed by atoms with E-state index in [1.54, 1.807) is 33.3 Å². The van der Waals surface area contributed by atoms with E-state index in [-0.39, 0.29) is 12.5 Å². The number of aliphatic hydroxyl groups excluding tert-OH is 1. The highest BCUT2D eigenvalue weighted by Gasteiger charge is 2.37. The highest BCUT2D eigenvalue weighted by molar-refractivity contribution is 7.71. The van der Waals surface area contributed by atoms with Crippen LogP contribution in [-0.4, -0.2) is 56.1 Å². The highest BCUT2D eigenvalue weighted by atomic mass is 32.1. The Bertz CT molecular complexity index is 833. The molecular weight excluding hydrogens is 347 g/mol. The fourth-order valence-corrected chi connectivity index (χ4v) is 3.20. The molecule has 9 heteroatoms. The van der Waals surface area contributed by atoms with Crippen LogP contribution in [0.1, 0.15) is 6.42 Å². The van der Waals surface area contributed by atoms with Crippen LogP contribution in [-0.2, 0) is 23.2 Å². The fourth-order valence-electron chi connectivity index (χ4n) is 3.02. The lowest BCUT2D eigenvalue weighted by atomic mass is 10.2. The Balaban J connectivity index is 1.88. The number of carbonyl (C=O) groups is 1. The summed E-state index contributed by atoms with van der Waals surface area (Å²) < 4.78 is 21.7. The van der Waals surface area contributed by atoms with Crippen molar-refractivity contribution >= 4 is 18.2 Å². The molecule has 0 spiro atoms. The number of esters is 1. The molecule has 0 aliphatic carbocycles. The number of ether oxygens (including phenoxy) is 1. The van der Waals surface area contributed by atoms with Gasteiger partial charge in [0.15, 0.2) is 10.6 Å². The van der Waals surface area contributed by atoms with Crippen molar-refractivity contribution in [1.82, 2.24) is 19.2 Å². The van der Waals surface area contributed by atoms with Crippen molar-refractivity contribution in [3.8, 4) is 11.4 Å². The Morgan fingerprint density at radius 3 is 2.76 bits per heavy atom. The summed E-state index contributed by atoms with van der Waals surface area (Å²) in [5, 5.41) is 14.4. The van der Waals surface area contributed by atoms with Crippen LogP contribution in [0.4, 0.5) is 4.39 Å². The Morgan fingerprint density at radius 2 is 2.12 bits per heavy atom. The predicted molar refractivity (Wildman–Crippen MR) is 90.6 cm³/mol. The number of hydrogen-bond acceptors (Lipinski definition) is 6. The first-order valence-corrected chi connectivity index (χ1v) is 8.21. The molecule has 0 saturated carbocycles. The van der Waals surface area contributed by atoms with E-state index in [1.165, 1.54) is 19.2 Å². The number of likely N-dealkylation sites (tertiary alicyclic amines) is 1. The first-order chi connectivity index (χ1) is 11.9. The van der Waals surface area contributed by atoms with Crippen molar-refractivity contribution in [3.63, 3.8) is 0 Å². The van der Waals surface area contributed by atoms with Gasteiger partial charge in [0.05, 0.1) is 19.9 Å². The standard InChI is InChI=1S/C16H19FN4O3S/c1-19-14(10-3-5-11(17)6-4-10)18-21(16(19)25)9-20-8-12(22)7-13(20)15(23)24-2/h3-6,12-13,22H,7-9H2,1-2H3/t12-,13-/m0/s1. The van der Waals surface area contributed by atoms with Crippen LogP contribution >= 0.6 is 12.2 Å². The summed E-state index contributed by atoms with van der Waals surface area (Å²) in [5.74, 6) is -0.117. The Morgan fingerprint density at radius 1 is 1.44 bits per heavy atom. The Kier molecular flexibility index (Phi) is 4.98. The van der Waals surface area contributed by atoms with Gasteiger partial charge in [0.1, 0.15) is 11.9 Å². The molecule has 2 atom stereocenters. The van der Waals surface area contributed by atoms with Crippen LogP contribution in [0.5, 0.6) is 0 Å². The number of carbonyl (C=O) groups excluding carboxylic acids is 1. The minimum absolute atomic E-state index is 0.255. The van der Waals surface area contributed by atoms with Crippen molar-refractivity contribution in [2.75, 3.05) is 13.7 Å². The van der Waals surface area contributed by atoms with Gasteiger partial charge in [-0.15, -0.1) is 0 Å². The highest BCUT2D eigenvalue weighted by Crippen LogP contribution is 2.22. The maximum atomic E-state index is 13.1. The molecule has 1 fully saturated rings. The van der Waals surface area contributed by atoms with Crippen molar-refractivity contribution in [2.24, 2.45) is 7.05 Å². The summed E-state index contributed by atoms with van der Waals surface area (Å²) in [7, 11) is 3.10. The van der Waals surface area contributed by atoms with Crippen LogP contribution in [0.3, 0.4) is 0 Å². The molecule has 7 nitrogen and oxygen atoms in total. The molecule has 3 rings (SSSR count). The van der Waals surface area contributed by atoms with Crippen LogP contribution in [0.2, 0.25) is 0 Å². The van der Waals surface area contributed by atoms with Gasteiger partial charge in [-0.25, -0.2) is 9.07 Å².